The van der Waals surface area contributed by atoms with Crippen molar-refractivity contribution in [3.63, 3.8) is 0 Å². The number of ether oxygens (including phenoxy) is 1. The van der Waals surface area contributed by atoms with E-state index in [1.165, 1.54) is 11.2 Å². The molecule has 0 saturated carbocycles. The molecule has 2 aromatic heterocycles. The fraction of sp³-hybridized carbons (Fsp3) is 0.250. The number of rotatable bonds is 4. The molecule has 30 heavy (non-hydrogen) atoms. The summed E-state index contributed by atoms with van der Waals surface area (Å²) in [5.41, 5.74) is 1.55. The van der Waals surface area contributed by atoms with E-state index in [2.05, 4.69) is 36.3 Å². The van der Waals surface area contributed by atoms with Crippen LogP contribution in [-0.2, 0) is 11.3 Å². The number of halogens is 1. The van der Waals surface area contributed by atoms with Crippen LogP contribution in [0.4, 0.5) is 5.69 Å². The Hall–Kier alpha value is -3.27. The van der Waals surface area contributed by atoms with Crippen molar-refractivity contribution in [3.05, 3.63) is 64.9 Å². The molecule has 154 valence electrons. The maximum atomic E-state index is 13.0. The highest BCUT2D eigenvalue weighted by molar-refractivity contribution is 9.10. The lowest BCUT2D eigenvalue weighted by molar-refractivity contribution is -0.121. The number of likely N-dealkylation sites (N-methyl/N-ethyl adjacent to an activating group) is 1. The van der Waals surface area contributed by atoms with E-state index in [9.17, 15) is 9.59 Å². The highest BCUT2D eigenvalue weighted by Crippen LogP contribution is 2.34. The number of anilines is 1. The van der Waals surface area contributed by atoms with E-state index < -0.39 is 18.1 Å². The van der Waals surface area contributed by atoms with E-state index in [4.69, 9.17) is 4.74 Å². The predicted molar refractivity (Wildman–Crippen MR) is 112 cm³/mol. The molecule has 3 aromatic rings. The smallest absolute Gasteiger partial charge is 0.291 e. The van der Waals surface area contributed by atoms with Gasteiger partial charge in [-0.3, -0.25) is 14.6 Å². The molecular formula is C20H19BrN6O3. The number of carbonyl (C=O) groups is 2. The van der Waals surface area contributed by atoms with Crippen LogP contribution in [0, 0.1) is 0 Å². The predicted octanol–water partition coefficient (Wildman–Crippen LogP) is 2.03. The van der Waals surface area contributed by atoms with E-state index in [0.717, 1.165) is 10.0 Å². The van der Waals surface area contributed by atoms with Crippen LogP contribution in [0.3, 0.4) is 0 Å². The maximum absolute atomic E-state index is 13.0. The summed E-state index contributed by atoms with van der Waals surface area (Å²) < 4.78 is 8.30. The summed E-state index contributed by atoms with van der Waals surface area (Å²) in [4.78, 5) is 35.3. The largest absolute Gasteiger partial charge is 0.486 e. The Labute approximate surface area is 181 Å². The quantitative estimate of drug-likeness (QED) is 0.625. The molecule has 4 rings (SSSR count). The van der Waals surface area contributed by atoms with E-state index in [1.807, 2.05) is 18.2 Å². The molecular weight excluding hydrogens is 452 g/mol. The molecule has 1 N–H and O–H groups in total. The Kier molecular flexibility index (Phi) is 5.49. The molecule has 9 nitrogen and oxygen atoms in total. The Bertz CT molecular complexity index is 1090. The van der Waals surface area contributed by atoms with Gasteiger partial charge in [-0.05, 0) is 36.8 Å². The molecule has 0 fully saturated rings. The monoisotopic (exact) mass is 470 g/mol. The average molecular weight is 471 g/mol. The van der Waals surface area contributed by atoms with Gasteiger partial charge < -0.3 is 15.0 Å². The molecule has 1 aromatic carbocycles. The lowest BCUT2D eigenvalue weighted by Crippen LogP contribution is -2.53. The first-order chi connectivity index (χ1) is 14.4. The average Bonchev–Trinajstić information content (AvgIpc) is 3.18. The summed E-state index contributed by atoms with van der Waals surface area (Å²) in [5, 5.41) is 6.92. The van der Waals surface area contributed by atoms with Crippen LogP contribution in [0.2, 0.25) is 0 Å². The molecule has 0 aliphatic carbocycles. The first-order valence-electron chi connectivity index (χ1n) is 9.25. The number of pyridine rings is 1. The van der Waals surface area contributed by atoms with Crippen molar-refractivity contribution in [2.24, 2.45) is 0 Å². The van der Waals surface area contributed by atoms with Crippen molar-refractivity contribution >= 4 is 33.4 Å². The highest BCUT2D eigenvalue weighted by Gasteiger charge is 2.36. The SMILES string of the molecule is C[C@H]1Oc2ccc(Br)cc2N(C)C(=O)[C@H]1NC(=O)c1ncn(Cc2cccnc2)n1. The maximum Gasteiger partial charge on any atom is 0.291 e. The number of nitrogens with one attached hydrogen (secondary N) is 1. The van der Waals surface area contributed by atoms with Gasteiger partial charge in [0.15, 0.2) is 0 Å². The van der Waals surface area contributed by atoms with Crippen LogP contribution in [0.5, 0.6) is 5.75 Å². The van der Waals surface area contributed by atoms with Gasteiger partial charge in [-0.1, -0.05) is 22.0 Å². The Balaban J connectivity index is 1.50. The lowest BCUT2D eigenvalue weighted by atomic mass is 10.1. The van der Waals surface area contributed by atoms with E-state index in [1.54, 1.807) is 43.2 Å². The Morgan fingerprint density at radius 3 is 2.93 bits per heavy atom. The van der Waals surface area contributed by atoms with Crippen molar-refractivity contribution in [2.75, 3.05) is 11.9 Å². The van der Waals surface area contributed by atoms with Gasteiger partial charge in [-0.2, -0.15) is 0 Å². The van der Waals surface area contributed by atoms with Crippen molar-refractivity contribution < 1.29 is 14.3 Å². The molecule has 0 radical (unpaired) electrons. The zero-order valence-electron chi connectivity index (χ0n) is 16.3. The summed E-state index contributed by atoms with van der Waals surface area (Å²) in [6.45, 7) is 2.17. The Morgan fingerprint density at radius 1 is 1.33 bits per heavy atom. The molecule has 1 aliphatic heterocycles. The number of carbonyl (C=O) groups excluding carboxylic acids is 2. The van der Waals surface area contributed by atoms with E-state index in [0.29, 0.717) is 18.0 Å². The fourth-order valence-corrected chi connectivity index (χ4v) is 3.54. The highest BCUT2D eigenvalue weighted by atomic mass is 79.9. The second kappa shape index (κ2) is 8.23. The molecule has 0 spiro atoms. The first kappa shape index (κ1) is 20.0. The Morgan fingerprint density at radius 2 is 2.17 bits per heavy atom. The van der Waals surface area contributed by atoms with Gasteiger partial charge in [0.1, 0.15) is 24.2 Å². The van der Waals surface area contributed by atoms with Crippen molar-refractivity contribution in [3.8, 4) is 5.75 Å². The third kappa shape index (κ3) is 4.04. The number of amides is 2. The second-order valence-corrected chi connectivity index (χ2v) is 7.83. The van der Waals surface area contributed by atoms with Gasteiger partial charge >= 0.3 is 0 Å². The molecule has 2 atom stereocenters. The molecule has 10 heteroatoms. The molecule has 0 unspecified atom stereocenters. The summed E-state index contributed by atoms with van der Waals surface area (Å²) >= 11 is 3.40. The number of benzene rings is 1. The minimum absolute atomic E-state index is 0.0222. The first-order valence-corrected chi connectivity index (χ1v) is 10.0. The number of hydrogen-bond donors (Lipinski definition) is 1. The van der Waals surface area contributed by atoms with Crippen LogP contribution in [0.25, 0.3) is 0 Å². The number of aromatic nitrogens is 4. The van der Waals surface area contributed by atoms with Crippen molar-refractivity contribution in [1.29, 1.82) is 0 Å². The van der Waals surface area contributed by atoms with Crippen LogP contribution in [0.1, 0.15) is 23.1 Å². The van der Waals surface area contributed by atoms with Gasteiger partial charge in [0.05, 0.1) is 12.2 Å². The summed E-state index contributed by atoms with van der Waals surface area (Å²) in [5.74, 6) is -0.292. The molecule has 2 amide bonds. The second-order valence-electron chi connectivity index (χ2n) is 6.91. The van der Waals surface area contributed by atoms with Gasteiger partial charge in [0.25, 0.3) is 11.8 Å². The summed E-state index contributed by atoms with van der Waals surface area (Å²) in [7, 11) is 1.65. The fourth-order valence-electron chi connectivity index (χ4n) is 3.19. The lowest BCUT2D eigenvalue weighted by Gasteiger charge is -2.23. The molecule has 1 aliphatic rings. The normalized spacial score (nSPS) is 18.4. The molecule has 0 bridgehead atoms. The summed E-state index contributed by atoms with van der Waals surface area (Å²) in [6.07, 6.45) is 4.29. The third-order valence-corrected chi connectivity index (χ3v) is 5.25. The van der Waals surface area contributed by atoms with Crippen LogP contribution in [0.15, 0.2) is 53.5 Å². The van der Waals surface area contributed by atoms with E-state index >= 15 is 0 Å². The molecule has 3 heterocycles. The minimum Gasteiger partial charge on any atom is -0.486 e. The van der Waals surface area contributed by atoms with Crippen molar-refractivity contribution in [1.82, 2.24) is 25.1 Å². The zero-order chi connectivity index (χ0) is 21.3. The van der Waals surface area contributed by atoms with Gasteiger partial charge in [-0.25, -0.2) is 9.67 Å². The zero-order valence-corrected chi connectivity index (χ0v) is 17.9. The van der Waals surface area contributed by atoms with Crippen molar-refractivity contribution in [2.45, 2.75) is 25.6 Å². The van der Waals surface area contributed by atoms with Gasteiger partial charge in [0, 0.05) is 23.9 Å². The van der Waals surface area contributed by atoms with Gasteiger partial charge in [-0.15, -0.1) is 5.10 Å². The summed E-state index contributed by atoms with van der Waals surface area (Å²) in [6, 6.07) is 8.26. The van der Waals surface area contributed by atoms with Gasteiger partial charge in [0.2, 0.25) is 5.82 Å². The van der Waals surface area contributed by atoms with E-state index in [-0.39, 0.29) is 11.7 Å². The standard InChI is InChI=1S/C20H19BrN6O3/c1-12-17(20(29)26(2)15-8-14(21)5-6-16(15)30-12)24-19(28)18-23-11-27(25-18)10-13-4-3-7-22-9-13/h3-9,11-12,17H,10H2,1-2H3,(H,24,28)/t12-,17+/m1/s1. The number of nitrogens with zero attached hydrogens (tertiary/aromatic N) is 5. The van der Waals surface area contributed by atoms with Crippen LogP contribution < -0.4 is 15.0 Å². The topological polar surface area (TPSA) is 102 Å². The number of hydrogen-bond acceptors (Lipinski definition) is 6. The third-order valence-electron chi connectivity index (χ3n) is 4.75. The van der Waals surface area contributed by atoms with Crippen LogP contribution >= 0.6 is 15.9 Å². The molecule has 0 saturated heterocycles. The minimum atomic E-state index is -0.890. The number of fused-ring (bicyclic) bond motifs is 1. The van der Waals surface area contributed by atoms with Crippen LogP contribution in [-0.4, -0.2) is 50.8 Å².